The largest absolute Gasteiger partial charge is 0.436 e. The van der Waals surface area contributed by atoms with Gasteiger partial charge in [0.25, 0.3) is 5.69 Å². The van der Waals surface area contributed by atoms with E-state index in [1.807, 2.05) is 0 Å². The first-order valence-corrected chi connectivity index (χ1v) is 5.93. The summed E-state index contributed by atoms with van der Waals surface area (Å²) in [5.41, 5.74) is 2.49. The lowest BCUT2D eigenvalue weighted by molar-refractivity contribution is -0.384. The van der Waals surface area contributed by atoms with Crippen LogP contribution in [0.5, 0.6) is 0 Å². The Kier molecular flexibility index (Phi) is 2.92. The third-order valence-electron chi connectivity index (χ3n) is 2.99. The number of non-ortho nitro benzene ring substituents is 1. The van der Waals surface area contributed by atoms with Crippen LogP contribution in [0.1, 0.15) is 5.56 Å². The third kappa shape index (κ3) is 2.02. The SMILES string of the molecule is O=[N+]([O-])c1ccc(-c2nc3cccc(CO)c3o2)cc1. The maximum absolute atomic E-state index is 10.6. The van der Waals surface area contributed by atoms with Crippen LogP contribution in [0.25, 0.3) is 22.6 Å². The lowest BCUT2D eigenvalue weighted by atomic mass is 10.2. The minimum Gasteiger partial charge on any atom is -0.436 e. The number of hydrogen-bond acceptors (Lipinski definition) is 5. The van der Waals surface area contributed by atoms with Gasteiger partial charge in [-0.25, -0.2) is 4.98 Å². The van der Waals surface area contributed by atoms with Crippen LogP contribution in [-0.4, -0.2) is 15.0 Å². The Morgan fingerprint density at radius 2 is 1.95 bits per heavy atom. The molecule has 20 heavy (non-hydrogen) atoms. The molecule has 6 heteroatoms. The molecule has 0 bridgehead atoms. The molecule has 0 atom stereocenters. The zero-order valence-electron chi connectivity index (χ0n) is 10.3. The average molecular weight is 270 g/mol. The number of hydrogen-bond donors (Lipinski definition) is 1. The van der Waals surface area contributed by atoms with Crippen LogP contribution >= 0.6 is 0 Å². The van der Waals surface area contributed by atoms with Gasteiger partial charge in [-0.3, -0.25) is 10.1 Å². The molecule has 0 unspecified atom stereocenters. The molecule has 3 rings (SSSR count). The lowest BCUT2D eigenvalue weighted by Crippen LogP contribution is -1.87. The van der Waals surface area contributed by atoms with Crippen molar-refractivity contribution in [3.05, 3.63) is 58.1 Å². The van der Waals surface area contributed by atoms with E-state index in [4.69, 9.17) is 4.42 Å². The third-order valence-corrected chi connectivity index (χ3v) is 2.99. The number of aliphatic hydroxyl groups is 1. The summed E-state index contributed by atoms with van der Waals surface area (Å²) in [5.74, 6) is 0.371. The van der Waals surface area contributed by atoms with E-state index in [1.165, 1.54) is 12.1 Å². The Morgan fingerprint density at radius 1 is 1.20 bits per heavy atom. The summed E-state index contributed by atoms with van der Waals surface area (Å²) in [4.78, 5) is 14.5. The summed E-state index contributed by atoms with van der Waals surface area (Å²) in [7, 11) is 0. The number of rotatable bonds is 3. The smallest absolute Gasteiger partial charge is 0.269 e. The highest BCUT2D eigenvalue weighted by atomic mass is 16.6. The Morgan fingerprint density at radius 3 is 2.60 bits per heavy atom. The zero-order chi connectivity index (χ0) is 14.1. The quantitative estimate of drug-likeness (QED) is 0.583. The fraction of sp³-hybridized carbons (Fsp3) is 0.0714. The second-order valence-electron chi connectivity index (χ2n) is 4.25. The van der Waals surface area contributed by atoms with Gasteiger partial charge in [0.2, 0.25) is 5.89 Å². The number of nitrogens with zero attached hydrogens (tertiary/aromatic N) is 2. The maximum Gasteiger partial charge on any atom is 0.269 e. The maximum atomic E-state index is 10.6. The van der Waals surface area contributed by atoms with Crippen molar-refractivity contribution in [2.45, 2.75) is 6.61 Å². The van der Waals surface area contributed by atoms with E-state index >= 15 is 0 Å². The van der Waals surface area contributed by atoms with Crippen molar-refractivity contribution in [1.82, 2.24) is 4.98 Å². The van der Waals surface area contributed by atoms with Gasteiger partial charge >= 0.3 is 0 Å². The highest BCUT2D eigenvalue weighted by molar-refractivity contribution is 5.79. The van der Waals surface area contributed by atoms with Crippen molar-refractivity contribution < 1.29 is 14.4 Å². The summed E-state index contributed by atoms with van der Waals surface area (Å²) in [6.07, 6.45) is 0. The van der Waals surface area contributed by atoms with Crippen LogP contribution < -0.4 is 0 Å². The summed E-state index contributed by atoms with van der Waals surface area (Å²) < 4.78 is 5.64. The second kappa shape index (κ2) is 4.75. The van der Waals surface area contributed by atoms with Crippen LogP contribution in [0.15, 0.2) is 46.9 Å². The fourth-order valence-corrected chi connectivity index (χ4v) is 1.98. The van der Waals surface area contributed by atoms with Gasteiger partial charge in [-0.2, -0.15) is 0 Å². The van der Waals surface area contributed by atoms with E-state index in [2.05, 4.69) is 4.98 Å². The molecular formula is C14H10N2O4. The Bertz CT molecular complexity index is 777. The molecule has 3 aromatic rings. The van der Waals surface area contributed by atoms with Gasteiger partial charge in [-0.05, 0) is 18.2 Å². The second-order valence-corrected chi connectivity index (χ2v) is 4.25. The van der Waals surface area contributed by atoms with Gasteiger partial charge in [0, 0.05) is 23.3 Å². The highest BCUT2D eigenvalue weighted by Crippen LogP contribution is 2.27. The minimum atomic E-state index is -0.459. The Labute approximate surface area is 113 Å². The van der Waals surface area contributed by atoms with E-state index in [0.717, 1.165) is 0 Å². The van der Waals surface area contributed by atoms with E-state index in [-0.39, 0.29) is 12.3 Å². The molecule has 2 aromatic carbocycles. The topological polar surface area (TPSA) is 89.4 Å². The van der Waals surface area contributed by atoms with Gasteiger partial charge < -0.3 is 9.52 Å². The normalized spacial score (nSPS) is 10.8. The summed E-state index contributed by atoms with van der Waals surface area (Å²) in [6, 6.07) is 11.3. The first kappa shape index (κ1) is 12.3. The van der Waals surface area contributed by atoms with Crippen LogP contribution in [0.3, 0.4) is 0 Å². The zero-order valence-corrected chi connectivity index (χ0v) is 10.3. The molecule has 0 aliphatic carbocycles. The molecule has 0 amide bonds. The van der Waals surface area contributed by atoms with Gasteiger partial charge in [-0.1, -0.05) is 12.1 Å². The van der Waals surface area contributed by atoms with Crippen molar-refractivity contribution in [3.8, 4) is 11.5 Å². The van der Waals surface area contributed by atoms with Crippen molar-refractivity contribution in [3.63, 3.8) is 0 Å². The number of benzene rings is 2. The molecule has 1 N–H and O–H groups in total. The van der Waals surface area contributed by atoms with Gasteiger partial charge in [0.1, 0.15) is 5.52 Å². The van der Waals surface area contributed by atoms with Crippen molar-refractivity contribution in [2.75, 3.05) is 0 Å². The summed E-state index contributed by atoms with van der Waals surface area (Å²) in [5, 5.41) is 19.9. The Hall–Kier alpha value is -2.73. The van der Waals surface area contributed by atoms with E-state index in [9.17, 15) is 15.2 Å². The highest BCUT2D eigenvalue weighted by Gasteiger charge is 2.12. The number of aliphatic hydroxyl groups excluding tert-OH is 1. The predicted molar refractivity (Wildman–Crippen MR) is 72.0 cm³/mol. The number of para-hydroxylation sites is 1. The molecule has 6 nitrogen and oxygen atoms in total. The molecular weight excluding hydrogens is 260 g/mol. The first-order chi connectivity index (χ1) is 9.69. The standard InChI is InChI=1S/C14H10N2O4/c17-8-10-2-1-3-12-13(10)20-14(15-12)9-4-6-11(7-5-9)16(18)19/h1-7,17H,8H2. The van der Waals surface area contributed by atoms with Crippen LogP contribution in [0, 0.1) is 10.1 Å². The van der Waals surface area contributed by atoms with E-state index < -0.39 is 4.92 Å². The van der Waals surface area contributed by atoms with Crippen molar-refractivity contribution >= 4 is 16.8 Å². The summed E-state index contributed by atoms with van der Waals surface area (Å²) >= 11 is 0. The van der Waals surface area contributed by atoms with E-state index in [0.29, 0.717) is 28.1 Å². The first-order valence-electron chi connectivity index (χ1n) is 5.93. The van der Waals surface area contributed by atoms with Crippen LogP contribution in [-0.2, 0) is 6.61 Å². The van der Waals surface area contributed by atoms with Gasteiger partial charge in [-0.15, -0.1) is 0 Å². The lowest BCUT2D eigenvalue weighted by Gasteiger charge is -1.95. The number of fused-ring (bicyclic) bond motifs is 1. The van der Waals surface area contributed by atoms with Crippen molar-refractivity contribution in [1.29, 1.82) is 0 Å². The summed E-state index contributed by atoms with van der Waals surface area (Å²) in [6.45, 7) is -0.133. The molecule has 0 radical (unpaired) electrons. The molecule has 1 heterocycles. The Balaban J connectivity index is 2.08. The molecule has 0 aliphatic rings. The van der Waals surface area contributed by atoms with E-state index in [1.54, 1.807) is 30.3 Å². The minimum absolute atomic E-state index is 0.0147. The molecule has 0 saturated heterocycles. The average Bonchev–Trinajstić information content (AvgIpc) is 2.91. The monoisotopic (exact) mass is 270 g/mol. The van der Waals surface area contributed by atoms with Crippen LogP contribution in [0.2, 0.25) is 0 Å². The molecule has 0 spiro atoms. The number of aromatic nitrogens is 1. The predicted octanol–water partition coefficient (Wildman–Crippen LogP) is 2.90. The van der Waals surface area contributed by atoms with Gasteiger partial charge in [0.15, 0.2) is 5.58 Å². The number of oxazole rings is 1. The molecule has 0 saturated carbocycles. The molecule has 0 fully saturated rings. The van der Waals surface area contributed by atoms with Gasteiger partial charge in [0.05, 0.1) is 11.5 Å². The molecule has 0 aliphatic heterocycles. The molecule has 1 aromatic heterocycles. The van der Waals surface area contributed by atoms with Crippen molar-refractivity contribution in [2.24, 2.45) is 0 Å². The number of nitro groups is 1. The fourth-order valence-electron chi connectivity index (χ4n) is 1.98. The van der Waals surface area contributed by atoms with Crippen LogP contribution in [0.4, 0.5) is 5.69 Å². The molecule has 100 valence electrons. The number of nitro benzene ring substituents is 1.